The summed E-state index contributed by atoms with van der Waals surface area (Å²) in [5, 5.41) is 0. The smallest absolute Gasteiger partial charge is 0.119 e. The standard InChI is InChI=1S/C36H35N3O/c1-26-3-11-30(12-4-26)36(31-13-5-28(24-37)6-14-31)23-27-7-15-32(16-8-27)39(33-17-9-29(25-38)10-18-33)34-19-21-35(40-2)22-20-34/h3-23H,24-25,37-38H2,1-2H3/b36-23-. The first-order valence-electron chi connectivity index (χ1n) is 13.5. The molecule has 0 unspecified atom stereocenters. The Hall–Kier alpha value is -4.64. The molecule has 40 heavy (non-hydrogen) atoms. The average Bonchev–Trinajstić information content (AvgIpc) is 3.02. The second kappa shape index (κ2) is 12.5. The van der Waals surface area contributed by atoms with Gasteiger partial charge < -0.3 is 21.1 Å². The van der Waals surface area contributed by atoms with Crippen LogP contribution in [0.1, 0.15) is 33.4 Å². The van der Waals surface area contributed by atoms with Gasteiger partial charge in [0, 0.05) is 30.2 Å². The molecule has 4 nitrogen and oxygen atoms in total. The molecule has 5 aromatic rings. The summed E-state index contributed by atoms with van der Waals surface area (Å²) in [6, 6.07) is 42.3. The lowest BCUT2D eigenvalue weighted by Gasteiger charge is -2.26. The van der Waals surface area contributed by atoms with E-state index in [1.54, 1.807) is 7.11 Å². The molecule has 200 valence electrons. The highest BCUT2D eigenvalue weighted by molar-refractivity contribution is 5.92. The third-order valence-electron chi connectivity index (χ3n) is 7.09. The molecule has 0 amide bonds. The van der Waals surface area contributed by atoms with Gasteiger partial charge in [-0.3, -0.25) is 0 Å². The number of ether oxygens (including phenoxy) is 1. The van der Waals surface area contributed by atoms with E-state index in [2.05, 4.69) is 127 Å². The minimum absolute atomic E-state index is 0.516. The number of hydrogen-bond acceptors (Lipinski definition) is 4. The molecule has 5 rings (SSSR count). The van der Waals surface area contributed by atoms with Gasteiger partial charge in [0.15, 0.2) is 0 Å². The third-order valence-corrected chi connectivity index (χ3v) is 7.09. The van der Waals surface area contributed by atoms with E-state index in [-0.39, 0.29) is 0 Å². The van der Waals surface area contributed by atoms with Crippen molar-refractivity contribution < 1.29 is 4.74 Å². The molecule has 0 aliphatic heterocycles. The normalized spacial score (nSPS) is 11.3. The van der Waals surface area contributed by atoms with E-state index >= 15 is 0 Å². The fourth-order valence-electron chi connectivity index (χ4n) is 4.73. The fraction of sp³-hybridized carbons (Fsp3) is 0.111. The maximum Gasteiger partial charge on any atom is 0.119 e. The van der Waals surface area contributed by atoms with Crippen LogP contribution in [0, 0.1) is 6.92 Å². The molecule has 0 bridgehead atoms. The van der Waals surface area contributed by atoms with Gasteiger partial charge >= 0.3 is 0 Å². The predicted molar refractivity (Wildman–Crippen MR) is 168 cm³/mol. The summed E-state index contributed by atoms with van der Waals surface area (Å²) in [6.45, 7) is 3.16. The number of aryl methyl sites for hydroxylation is 1. The molecule has 0 aliphatic rings. The molecule has 0 saturated heterocycles. The number of rotatable bonds is 9. The SMILES string of the molecule is COc1ccc(N(c2ccc(/C=C(/c3ccc(C)cc3)c3ccc(CN)cc3)cc2)c2ccc(CN)cc2)cc1. The maximum absolute atomic E-state index is 5.85. The molecule has 0 saturated carbocycles. The molecule has 4 N–H and O–H groups in total. The Morgan fingerprint density at radius 2 is 1.02 bits per heavy atom. The first kappa shape index (κ1) is 26.9. The summed E-state index contributed by atoms with van der Waals surface area (Å²) >= 11 is 0. The van der Waals surface area contributed by atoms with Crippen LogP contribution >= 0.6 is 0 Å². The van der Waals surface area contributed by atoms with Crippen LogP contribution in [0.2, 0.25) is 0 Å². The molecule has 0 fully saturated rings. The van der Waals surface area contributed by atoms with Gasteiger partial charge in [0.2, 0.25) is 0 Å². The number of anilines is 3. The predicted octanol–water partition coefficient (Wildman–Crippen LogP) is 7.98. The Morgan fingerprint density at radius 3 is 1.50 bits per heavy atom. The summed E-state index contributed by atoms with van der Waals surface area (Å²) in [5.74, 6) is 0.825. The minimum Gasteiger partial charge on any atom is -0.497 e. The van der Waals surface area contributed by atoms with Crippen LogP contribution in [0.5, 0.6) is 5.75 Å². The molecule has 0 aliphatic carbocycles. The molecular weight excluding hydrogens is 490 g/mol. The number of hydrogen-bond donors (Lipinski definition) is 2. The molecule has 0 spiro atoms. The minimum atomic E-state index is 0.516. The van der Waals surface area contributed by atoms with Crippen molar-refractivity contribution in [1.82, 2.24) is 0 Å². The lowest BCUT2D eigenvalue weighted by atomic mass is 9.94. The van der Waals surface area contributed by atoms with Crippen LogP contribution in [0.25, 0.3) is 11.6 Å². The Morgan fingerprint density at radius 1 is 0.600 bits per heavy atom. The monoisotopic (exact) mass is 525 g/mol. The van der Waals surface area contributed by atoms with Gasteiger partial charge in [0.1, 0.15) is 5.75 Å². The number of benzene rings is 5. The summed E-state index contributed by atoms with van der Waals surface area (Å²) in [4.78, 5) is 2.24. The van der Waals surface area contributed by atoms with E-state index in [1.165, 1.54) is 16.7 Å². The first-order chi connectivity index (χ1) is 19.6. The molecule has 0 aromatic heterocycles. The maximum atomic E-state index is 5.85. The van der Waals surface area contributed by atoms with E-state index in [0.717, 1.165) is 45.1 Å². The number of methoxy groups -OCH3 is 1. The second-order valence-corrected chi connectivity index (χ2v) is 9.82. The highest BCUT2D eigenvalue weighted by Crippen LogP contribution is 2.36. The first-order valence-corrected chi connectivity index (χ1v) is 13.5. The quantitative estimate of drug-likeness (QED) is 0.192. The molecule has 4 heteroatoms. The van der Waals surface area contributed by atoms with Gasteiger partial charge in [-0.15, -0.1) is 0 Å². The Labute approximate surface area is 237 Å². The van der Waals surface area contributed by atoms with Crippen molar-refractivity contribution >= 4 is 28.7 Å². The van der Waals surface area contributed by atoms with Gasteiger partial charge in [0.05, 0.1) is 7.11 Å². The fourth-order valence-corrected chi connectivity index (χ4v) is 4.73. The summed E-state index contributed by atoms with van der Waals surface area (Å²) in [5.41, 5.74) is 23.0. The van der Waals surface area contributed by atoms with Crippen molar-refractivity contribution in [3.05, 3.63) is 155 Å². The van der Waals surface area contributed by atoms with Crippen molar-refractivity contribution in [2.24, 2.45) is 11.5 Å². The zero-order valence-corrected chi connectivity index (χ0v) is 23.0. The highest BCUT2D eigenvalue weighted by atomic mass is 16.5. The van der Waals surface area contributed by atoms with E-state index in [4.69, 9.17) is 16.2 Å². The lowest BCUT2D eigenvalue weighted by Crippen LogP contribution is -2.10. The van der Waals surface area contributed by atoms with E-state index in [1.807, 2.05) is 12.1 Å². The Balaban J connectivity index is 1.54. The lowest BCUT2D eigenvalue weighted by molar-refractivity contribution is 0.415. The summed E-state index contributed by atoms with van der Waals surface area (Å²) in [7, 11) is 1.68. The van der Waals surface area contributed by atoms with Gasteiger partial charge in [-0.1, -0.05) is 78.4 Å². The molecular formula is C36H35N3O. The Kier molecular flexibility index (Phi) is 8.41. The van der Waals surface area contributed by atoms with E-state index in [0.29, 0.717) is 13.1 Å². The van der Waals surface area contributed by atoms with Crippen molar-refractivity contribution in [2.45, 2.75) is 20.0 Å². The summed E-state index contributed by atoms with van der Waals surface area (Å²) in [6.07, 6.45) is 2.25. The highest BCUT2D eigenvalue weighted by Gasteiger charge is 2.13. The van der Waals surface area contributed by atoms with Crippen LogP contribution in [0.15, 0.2) is 121 Å². The van der Waals surface area contributed by atoms with Crippen molar-refractivity contribution in [2.75, 3.05) is 12.0 Å². The second-order valence-electron chi connectivity index (χ2n) is 9.82. The van der Waals surface area contributed by atoms with E-state index in [9.17, 15) is 0 Å². The number of nitrogens with zero attached hydrogens (tertiary/aromatic N) is 1. The van der Waals surface area contributed by atoms with Crippen LogP contribution < -0.4 is 21.1 Å². The van der Waals surface area contributed by atoms with Gasteiger partial charge in [-0.2, -0.15) is 0 Å². The van der Waals surface area contributed by atoms with Crippen molar-refractivity contribution in [3.8, 4) is 5.75 Å². The van der Waals surface area contributed by atoms with Crippen LogP contribution in [0.3, 0.4) is 0 Å². The van der Waals surface area contributed by atoms with Crippen LogP contribution in [-0.4, -0.2) is 7.11 Å². The molecule has 5 aromatic carbocycles. The van der Waals surface area contributed by atoms with Gasteiger partial charge in [-0.25, -0.2) is 0 Å². The zero-order valence-electron chi connectivity index (χ0n) is 23.0. The largest absolute Gasteiger partial charge is 0.497 e. The topological polar surface area (TPSA) is 64.5 Å². The number of nitrogens with two attached hydrogens (primary N) is 2. The average molecular weight is 526 g/mol. The third kappa shape index (κ3) is 6.15. The molecule has 0 heterocycles. The zero-order chi connectivity index (χ0) is 27.9. The molecule has 0 radical (unpaired) electrons. The van der Waals surface area contributed by atoms with Crippen molar-refractivity contribution in [3.63, 3.8) is 0 Å². The molecule has 0 atom stereocenters. The van der Waals surface area contributed by atoms with E-state index < -0.39 is 0 Å². The Bertz CT molecular complexity index is 1510. The summed E-state index contributed by atoms with van der Waals surface area (Å²) < 4.78 is 5.39. The van der Waals surface area contributed by atoms with Gasteiger partial charge in [-0.05, 0) is 94.9 Å². The van der Waals surface area contributed by atoms with Crippen LogP contribution in [-0.2, 0) is 13.1 Å². The van der Waals surface area contributed by atoms with Crippen LogP contribution in [0.4, 0.5) is 17.1 Å². The van der Waals surface area contributed by atoms with Crippen molar-refractivity contribution in [1.29, 1.82) is 0 Å². The van der Waals surface area contributed by atoms with Gasteiger partial charge in [0.25, 0.3) is 0 Å².